The van der Waals surface area contributed by atoms with E-state index < -0.39 is 5.97 Å². The van der Waals surface area contributed by atoms with E-state index in [9.17, 15) is 9.90 Å². The van der Waals surface area contributed by atoms with Crippen LogP contribution in [0.1, 0.15) is 30.9 Å². The molecule has 0 aromatic heterocycles. The number of piperidine rings is 1. The van der Waals surface area contributed by atoms with Crippen LogP contribution in [0.4, 0.5) is 0 Å². The van der Waals surface area contributed by atoms with Crippen LogP contribution in [0, 0.1) is 5.92 Å². The van der Waals surface area contributed by atoms with Crippen LogP contribution in [0.25, 0.3) is 0 Å². The fourth-order valence-electron chi connectivity index (χ4n) is 3.50. The second kappa shape index (κ2) is 8.91. The topological polar surface area (TPSA) is 59.0 Å². The number of carboxylic acid groups (broad SMARTS) is 1. The van der Waals surface area contributed by atoms with Gasteiger partial charge in [-0.25, -0.2) is 0 Å². The van der Waals surface area contributed by atoms with Gasteiger partial charge in [0, 0.05) is 19.1 Å². The molecule has 1 fully saturated rings. The first-order chi connectivity index (χ1) is 13.1. The molecular formula is C22H27NO4. The summed E-state index contributed by atoms with van der Waals surface area (Å²) in [6.07, 6.45) is 1.66. The Balaban J connectivity index is 1.71. The summed E-state index contributed by atoms with van der Waals surface area (Å²) in [5.41, 5.74) is 2.19. The zero-order valence-corrected chi connectivity index (χ0v) is 15.9. The van der Waals surface area contributed by atoms with Gasteiger partial charge < -0.3 is 14.6 Å². The average Bonchev–Trinajstić information content (AvgIpc) is 2.69. The maximum Gasteiger partial charge on any atom is 0.307 e. The van der Waals surface area contributed by atoms with Crippen molar-refractivity contribution in [1.29, 1.82) is 0 Å². The van der Waals surface area contributed by atoms with Crippen molar-refractivity contribution in [1.82, 2.24) is 4.90 Å². The number of ether oxygens (including phenoxy) is 2. The smallest absolute Gasteiger partial charge is 0.307 e. The molecule has 2 aromatic rings. The van der Waals surface area contributed by atoms with Crippen molar-refractivity contribution < 1.29 is 19.4 Å². The molecule has 1 saturated heterocycles. The quantitative estimate of drug-likeness (QED) is 0.800. The van der Waals surface area contributed by atoms with Gasteiger partial charge in [0.1, 0.15) is 6.61 Å². The fourth-order valence-corrected chi connectivity index (χ4v) is 3.50. The molecule has 0 aliphatic carbocycles. The van der Waals surface area contributed by atoms with Crippen molar-refractivity contribution in [2.75, 3.05) is 13.7 Å². The van der Waals surface area contributed by atoms with E-state index in [0.29, 0.717) is 37.2 Å². The Labute approximate surface area is 160 Å². The van der Waals surface area contributed by atoms with Crippen LogP contribution in [-0.2, 0) is 17.9 Å². The summed E-state index contributed by atoms with van der Waals surface area (Å²) in [6.45, 7) is 3.93. The van der Waals surface area contributed by atoms with E-state index in [2.05, 4.69) is 11.8 Å². The second-order valence-electron chi connectivity index (χ2n) is 7.15. The highest BCUT2D eigenvalue weighted by Gasteiger charge is 2.29. The van der Waals surface area contributed by atoms with E-state index in [0.717, 1.165) is 24.0 Å². The minimum Gasteiger partial charge on any atom is -0.493 e. The molecular weight excluding hydrogens is 342 g/mol. The summed E-state index contributed by atoms with van der Waals surface area (Å²) in [6, 6.07) is 16.3. The number of carbonyl (C=O) groups is 1. The summed E-state index contributed by atoms with van der Waals surface area (Å²) in [4.78, 5) is 13.6. The molecule has 0 amide bonds. The molecule has 1 aliphatic heterocycles. The minimum atomic E-state index is -0.700. The number of hydrogen-bond donors (Lipinski definition) is 1. The van der Waals surface area contributed by atoms with Gasteiger partial charge in [-0.3, -0.25) is 9.69 Å². The standard InChI is InChI=1S/C22H27NO4/c1-16-8-10-19(22(24)25)14-23(16)13-18-9-11-20(26-2)21(12-18)27-15-17-6-4-3-5-7-17/h3-7,9,11-12,16,19H,8,10,13-15H2,1-2H3,(H,24,25). The summed E-state index contributed by atoms with van der Waals surface area (Å²) in [5.74, 6) is 0.421. The Morgan fingerprint density at radius 2 is 1.89 bits per heavy atom. The molecule has 3 rings (SSSR count). The first-order valence-electron chi connectivity index (χ1n) is 9.37. The Morgan fingerprint density at radius 1 is 1.11 bits per heavy atom. The van der Waals surface area contributed by atoms with Crippen molar-refractivity contribution in [3.05, 3.63) is 59.7 Å². The highest BCUT2D eigenvalue weighted by Crippen LogP contribution is 2.31. The van der Waals surface area contributed by atoms with Crippen LogP contribution in [0.5, 0.6) is 11.5 Å². The van der Waals surface area contributed by atoms with Gasteiger partial charge in [-0.2, -0.15) is 0 Å². The molecule has 144 valence electrons. The number of rotatable bonds is 7. The van der Waals surface area contributed by atoms with Gasteiger partial charge in [0.15, 0.2) is 11.5 Å². The molecule has 1 aliphatic rings. The zero-order valence-electron chi connectivity index (χ0n) is 15.9. The van der Waals surface area contributed by atoms with Crippen molar-refractivity contribution in [3.8, 4) is 11.5 Å². The van der Waals surface area contributed by atoms with Crippen molar-refractivity contribution >= 4 is 5.97 Å². The van der Waals surface area contributed by atoms with Gasteiger partial charge in [0.2, 0.25) is 0 Å². The van der Waals surface area contributed by atoms with E-state index in [-0.39, 0.29) is 5.92 Å². The summed E-state index contributed by atoms with van der Waals surface area (Å²) in [5, 5.41) is 9.34. The van der Waals surface area contributed by atoms with E-state index >= 15 is 0 Å². The lowest BCUT2D eigenvalue weighted by atomic mass is 9.93. The fraction of sp³-hybridized carbons (Fsp3) is 0.409. The van der Waals surface area contributed by atoms with Crippen molar-refractivity contribution in [2.24, 2.45) is 5.92 Å². The molecule has 2 unspecified atom stereocenters. The Morgan fingerprint density at radius 3 is 2.59 bits per heavy atom. The molecule has 0 saturated carbocycles. The SMILES string of the molecule is COc1ccc(CN2CC(C(=O)O)CCC2C)cc1OCc1ccccc1. The maximum absolute atomic E-state index is 11.4. The van der Waals surface area contributed by atoms with Crippen LogP contribution in [-0.4, -0.2) is 35.7 Å². The first kappa shape index (κ1) is 19.2. The molecule has 0 bridgehead atoms. The third-order valence-electron chi connectivity index (χ3n) is 5.21. The lowest BCUT2D eigenvalue weighted by Crippen LogP contribution is -2.43. The number of benzene rings is 2. The van der Waals surface area contributed by atoms with E-state index in [1.807, 2.05) is 48.5 Å². The summed E-state index contributed by atoms with van der Waals surface area (Å²) < 4.78 is 11.4. The molecule has 1 heterocycles. The van der Waals surface area contributed by atoms with E-state index in [1.54, 1.807) is 7.11 Å². The van der Waals surface area contributed by atoms with Crippen molar-refractivity contribution in [2.45, 2.75) is 39.0 Å². The zero-order chi connectivity index (χ0) is 19.2. The van der Waals surface area contributed by atoms with Crippen molar-refractivity contribution in [3.63, 3.8) is 0 Å². The third kappa shape index (κ3) is 5.01. The lowest BCUT2D eigenvalue weighted by Gasteiger charge is -2.36. The monoisotopic (exact) mass is 369 g/mol. The van der Waals surface area contributed by atoms with Crippen LogP contribution >= 0.6 is 0 Å². The van der Waals surface area contributed by atoms with Gasteiger partial charge in [-0.05, 0) is 43.0 Å². The van der Waals surface area contributed by atoms with Gasteiger partial charge in [0.05, 0.1) is 13.0 Å². The number of nitrogens with zero attached hydrogens (tertiary/aromatic N) is 1. The molecule has 1 N–H and O–H groups in total. The lowest BCUT2D eigenvalue weighted by molar-refractivity contribution is -0.144. The predicted molar refractivity (Wildman–Crippen MR) is 104 cm³/mol. The molecule has 5 heteroatoms. The predicted octanol–water partition coefficient (Wildman–Crippen LogP) is 3.96. The second-order valence-corrected chi connectivity index (χ2v) is 7.15. The van der Waals surface area contributed by atoms with Gasteiger partial charge in [0.25, 0.3) is 0 Å². The molecule has 27 heavy (non-hydrogen) atoms. The van der Waals surface area contributed by atoms with E-state index in [1.165, 1.54) is 0 Å². The van der Waals surface area contributed by atoms with Crippen LogP contribution in [0.15, 0.2) is 48.5 Å². The number of aliphatic carboxylic acids is 1. The highest BCUT2D eigenvalue weighted by atomic mass is 16.5. The first-order valence-corrected chi connectivity index (χ1v) is 9.37. The number of likely N-dealkylation sites (tertiary alicyclic amines) is 1. The number of carboxylic acids is 1. The van der Waals surface area contributed by atoms with Gasteiger partial charge >= 0.3 is 5.97 Å². The maximum atomic E-state index is 11.4. The average molecular weight is 369 g/mol. The normalized spacial score (nSPS) is 20.2. The molecule has 0 spiro atoms. The van der Waals surface area contributed by atoms with Gasteiger partial charge in [-0.15, -0.1) is 0 Å². The van der Waals surface area contributed by atoms with E-state index in [4.69, 9.17) is 9.47 Å². The Kier molecular flexibility index (Phi) is 6.35. The third-order valence-corrected chi connectivity index (χ3v) is 5.21. The number of hydrogen-bond acceptors (Lipinski definition) is 4. The highest BCUT2D eigenvalue weighted by molar-refractivity contribution is 5.70. The van der Waals surface area contributed by atoms with Gasteiger partial charge in [-0.1, -0.05) is 36.4 Å². The van der Waals surface area contributed by atoms with Crippen LogP contribution in [0.2, 0.25) is 0 Å². The largest absolute Gasteiger partial charge is 0.493 e. The number of methoxy groups -OCH3 is 1. The molecule has 2 aromatic carbocycles. The van der Waals surface area contributed by atoms with Crippen LogP contribution in [0.3, 0.4) is 0 Å². The summed E-state index contributed by atoms with van der Waals surface area (Å²) in [7, 11) is 1.63. The summed E-state index contributed by atoms with van der Waals surface area (Å²) >= 11 is 0. The molecule has 5 nitrogen and oxygen atoms in total. The Hall–Kier alpha value is -2.53. The Bertz CT molecular complexity index is 762. The minimum absolute atomic E-state index is 0.284. The molecule has 0 radical (unpaired) electrons. The van der Waals surface area contributed by atoms with Crippen LogP contribution < -0.4 is 9.47 Å². The molecule has 2 atom stereocenters.